The van der Waals surface area contributed by atoms with E-state index in [1.807, 2.05) is 7.05 Å². The van der Waals surface area contributed by atoms with Gasteiger partial charge in [0.2, 0.25) is 10.0 Å². The van der Waals surface area contributed by atoms with Gasteiger partial charge in [-0.05, 0) is 44.6 Å². The Labute approximate surface area is 124 Å². The van der Waals surface area contributed by atoms with Gasteiger partial charge >= 0.3 is 5.97 Å². The van der Waals surface area contributed by atoms with Crippen LogP contribution in [0.5, 0.6) is 0 Å². The Morgan fingerprint density at radius 3 is 2.86 bits per heavy atom. The molecule has 0 radical (unpaired) electrons. The van der Waals surface area contributed by atoms with Crippen molar-refractivity contribution in [3.8, 4) is 0 Å². The zero-order valence-corrected chi connectivity index (χ0v) is 12.8. The van der Waals surface area contributed by atoms with E-state index >= 15 is 0 Å². The number of carboxylic acids is 1. The molecule has 1 fully saturated rings. The van der Waals surface area contributed by atoms with E-state index in [2.05, 4.69) is 9.62 Å². The van der Waals surface area contributed by atoms with Crippen molar-refractivity contribution in [1.29, 1.82) is 0 Å². The van der Waals surface area contributed by atoms with Crippen molar-refractivity contribution < 1.29 is 18.3 Å². The van der Waals surface area contributed by atoms with Crippen molar-refractivity contribution >= 4 is 16.0 Å². The molecular weight excluding hydrogens is 292 g/mol. The van der Waals surface area contributed by atoms with Gasteiger partial charge in [0, 0.05) is 12.6 Å². The number of sulfonamides is 1. The van der Waals surface area contributed by atoms with Crippen LogP contribution >= 0.6 is 0 Å². The monoisotopic (exact) mass is 312 g/mol. The molecule has 0 amide bonds. The maximum atomic E-state index is 12.2. The summed E-state index contributed by atoms with van der Waals surface area (Å²) in [5, 5.41) is 8.92. The molecule has 2 N–H and O–H groups in total. The normalized spacial score (nSPS) is 20.3. The molecule has 0 aliphatic carbocycles. The fourth-order valence-corrected chi connectivity index (χ4v) is 3.61. The van der Waals surface area contributed by atoms with Crippen LogP contribution < -0.4 is 4.72 Å². The zero-order valence-electron chi connectivity index (χ0n) is 11.9. The van der Waals surface area contributed by atoms with Gasteiger partial charge in [-0.1, -0.05) is 12.5 Å². The zero-order chi connectivity index (χ0) is 15.5. The van der Waals surface area contributed by atoms with Gasteiger partial charge in [0.25, 0.3) is 0 Å². The highest BCUT2D eigenvalue weighted by molar-refractivity contribution is 7.89. The lowest BCUT2D eigenvalue weighted by Gasteiger charge is -2.32. The van der Waals surface area contributed by atoms with Gasteiger partial charge in [-0.2, -0.15) is 0 Å². The fraction of sp³-hybridized carbons (Fsp3) is 0.500. The summed E-state index contributed by atoms with van der Waals surface area (Å²) in [6, 6.07) is 5.58. The van der Waals surface area contributed by atoms with E-state index in [4.69, 9.17) is 5.11 Å². The van der Waals surface area contributed by atoms with Crippen molar-refractivity contribution in [1.82, 2.24) is 9.62 Å². The molecule has 0 bridgehead atoms. The number of aromatic carboxylic acids is 1. The van der Waals surface area contributed by atoms with Crippen LogP contribution in [0, 0.1) is 0 Å². The Kier molecular flexibility index (Phi) is 4.97. The summed E-state index contributed by atoms with van der Waals surface area (Å²) in [4.78, 5) is 13.0. The molecule has 1 heterocycles. The van der Waals surface area contributed by atoms with E-state index in [0.29, 0.717) is 6.54 Å². The summed E-state index contributed by atoms with van der Waals surface area (Å²) in [6.45, 7) is 1.32. The number of benzene rings is 1. The minimum atomic E-state index is -3.68. The molecule has 1 atom stereocenters. The maximum absolute atomic E-state index is 12.2. The van der Waals surface area contributed by atoms with Gasteiger partial charge in [0.15, 0.2) is 0 Å². The van der Waals surface area contributed by atoms with Crippen molar-refractivity contribution in [2.45, 2.75) is 30.2 Å². The predicted molar refractivity (Wildman–Crippen MR) is 78.9 cm³/mol. The van der Waals surface area contributed by atoms with Gasteiger partial charge in [0.1, 0.15) is 0 Å². The summed E-state index contributed by atoms with van der Waals surface area (Å²) >= 11 is 0. The molecule has 21 heavy (non-hydrogen) atoms. The van der Waals surface area contributed by atoms with Crippen molar-refractivity contribution in [2.75, 3.05) is 20.1 Å². The second-order valence-electron chi connectivity index (χ2n) is 5.32. The highest BCUT2D eigenvalue weighted by Crippen LogP contribution is 2.16. The van der Waals surface area contributed by atoms with Crippen LogP contribution in [0.3, 0.4) is 0 Å². The van der Waals surface area contributed by atoms with Crippen LogP contribution in [0.4, 0.5) is 0 Å². The molecule has 7 heteroatoms. The molecular formula is C14H20N2O4S. The van der Waals surface area contributed by atoms with Crippen LogP contribution in [0.1, 0.15) is 29.6 Å². The minimum Gasteiger partial charge on any atom is -0.478 e. The molecule has 1 aliphatic heterocycles. The first-order valence-corrected chi connectivity index (χ1v) is 8.42. The van der Waals surface area contributed by atoms with E-state index < -0.39 is 16.0 Å². The van der Waals surface area contributed by atoms with Gasteiger partial charge in [-0.3, -0.25) is 0 Å². The highest BCUT2D eigenvalue weighted by atomic mass is 32.2. The van der Waals surface area contributed by atoms with Crippen LogP contribution in [-0.2, 0) is 10.0 Å². The van der Waals surface area contributed by atoms with Crippen molar-refractivity contribution in [3.05, 3.63) is 29.8 Å². The van der Waals surface area contributed by atoms with Crippen LogP contribution in [0.2, 0.25) is 0 Å². The molecule has 0 aromatic heterocycles. The molecule has 6 nitrogen and oxygen atoms in total. The van der Waals surface area contributed by atoms with Crippen molar-refractivity contribution in [3.63, 3.8) is 0 Å². The quantitative estimate of drug-likeness (QED) is 0.851. The number of piperidine rings is 1. The lowest BCUT2D eigenvalue weighted by molar-refractivity contribution is 0.0696. The summed E-state index contributed by atoms with van der Waals surface area (Å²) < 4.78 is 27.0. The highest BCUT2D eigenvalue weighted by Gasteiger charge is 2.22. The van der Waals surface area contributed by atoms with E-state index in [9.17, 15) is 13.2 Å². The Morgan fingerprint density at radius 1 is 1.43 bits per heavy atom. The largest absolute Gasteiger partial charge is 0.478 e. The second kappa shape index (κ2) is 6.55. The van der Waals surface area contributed by atoms with E-state index in [1.165, 1.54) is 24.3 Å². The topological polar surface area (TPSA) is 86.7 Å². The first-order chi connectivity index (χ1) is 9.90. The smallest absolute Gasteiger partial charge is 0.335 e. The van der Waals surface area contributed by atoms with Crippen LogP contribution in [-0.4, -0.2) is 50.6 Å². The molecule has 1 aliphatic rings. The summed E-state index contributed by atoms with van der Waals surface area (Å²) in [6.07, 6.45) is 3.21. The van der Waals surface area contributed by atoms with Gasteiger partial charge < -0.3 is 10.0 Å². The molecule has 1 unspecified atom stereocenters. The Hall–Kier alpha value is -1.44. The summed E-state index contributed by atoms with van der Waals surface area (Å²) in [5.41, 5.74) is -0.0346. The third-order valence-electron chi connectivity index (χ3n) is 3.82. The van der Waals surface area contributed by atoms with Crippen molar-refractivity contribution in [2.24, 2.45) is 0 Å². The number of hydrogen-bond acceptors (Lipinski definition) is 4. The number of carbonyl (C=O) groups is 1. The maximum Gasteiger partial charge on any atom is 0.335 e. The molecule has 2 rings (SSSR count). The van der Waals surface area contributed by atoms with E-state index in [1.54, 1.807) is 0 Å². The molecule has 116 valence electrons. The Morgan fingerprint density at radius 2 is 2.19 bits per heavy atom. The summed E-state index contributed by atoms with van der Waals surface area (Å²) in [5.74, 6) is -1.14. The lowest BCUT2D eigenvalue weighted by Crippen LogP contribution is -2.44. The number of carboxylic acid groups (broad SMARTS) is 1. The first-order valence-electron chi connectivity index (χ1n) is 6.93. The Balaban J connectivity index is 2.07. The number of hydrogen-bond donors (Lipinski definition) is 2. The van der Waals surface area contributed by atoms with E-state index in [0.717, 1.165) is 25.8 Å². The van der Waals surface area contributed by atoms with Gasteiger partial charge in [-0.25, -0.2) is 17.9 Å². The van der Waals surface area contributed by atoms with Crippen LogP contribution in [0.15, 0.2) is 29.2 Å². The van der Waals surface area contributed by atoms with Gasteiger partial charge in [0.05, 0.1) is 10.5 Å². The number of nitrogens with one attached hydrogen (secondary N) is 1. The molecule has 0 saturated carbocycles. The molecule has 1 aromatic carbocycles. The SMILES string of the molecule is CN1CCCCC1CNS(=O)(=O)c1cccc(C(=O)O)c1. The summed E-state index contributed by atoms with van der Waals surface area (Å²) in [7, 11) is -1.69. The number of rotatable bonds is 5. The standard InChI is InChI=1S/C14H20N2O4S/c1-16-8-3-2-6-12(16)10-15-21(19,20)13-7-4-5-11(9-13)14(17)18/h4-5,7,9,12,15H,2-3,6,8,10H2,1H3,(H,17,18). The average molecular weight is 312 g/mol. The number of nitrogens with zero attached hydrogens (tertiary/aromatic N) is 1. The lowest BCUT2D eigenvalue weighted by atomic mass is 10.0. The molecule has 1 saturated heterocycles. The predicted octanol–water partition coefficient (Wildman–Crippen LogP) is 1.15. The molecule has 0 spiro atoms. The number of likely N-dealkylation sites (N-methyl/N-ethyl adjacent to an activating group) is 1. The molecule has 1 aromatic rings. The van der Waals surface area contributed by atoms with Gasteiger partial charge in [-0.15, -0.1) is 0 Å². The third-order valence-corrected chi connectivity index (χ3v) is 5.24. The third kappa shape index (κ3) is 4.03. The second-order valence-corrected chi connectivity index (χ2v) is 7.08. The minimum absolute atomic E-state index is 0.0131. The average Bonchev–Trinajstić information content (AvgIpc) is 2.46. The number of likely N-dealkylation sites (tertiary alicyclic amines) is 1. The Bertz CT molecular complexity index is 615. The van der Waals surface area contributed by atoms with Crippen LogP contribution in [0.25, 0.3) is 0 Å². The first kappa shape index (κ1) is 15.9. The fourth-order valence-electron chi connectivity index (χ4n) is 2.49. The van der Waals surface area contributed by atoms with E-state index in [-0.39, 0.29) is 16.5 Å².